The van der Waals surface area contributed by atoms with E-state index in [1.54, 1.807) is 11.6 Å². The van der Waals surface area contributed by atoms with Crippen LogP contribution in [0.3, 0.4) is 0 Å². The van der Waals surface area contributed by atoms with Gasteiger partial charge in [-0.05, 0) is 19.1 Å². The number of fused-ring (bicyclic) bond motifs is 1. The largest absolute Gasteiger partial charge is 0.357 e. The molecule has 0 bridgehead atoms. The number of carbonyl (C=O) groups excluding carboxylic acids is 1. The fraction of sp³-hybridized carbons (Fsp3) is 0.462. The lowest BCUT2D eigenvalue weighted by molar-refractivity contribution is -0.122. The van der Waals surface area contributed by atoms with Crippen LogP contribution in [0.25, 0.3) is 5.65 Å². The van der Waals surface area contributed by atoms with E-state index in [9.17, 15) is 4.79 Å². The van der Waals surface area contributed by atoms with Crippen molar-refractivity contribution in [2.24, 2.45) is 0 Å². The van der Waals surface area contributed by atoms with Crippen LogP contribution in [-0.4, -0.2) is 53.2 Å². The third kappa shape index (κ3) is 2.09. The van der Waals surface area contributed by atoms with Gasteiger partial charge in [-0.2, -0.15) is 4.98 Å². The predicted molar refractivity (Wildman–Crippen MR) is 75.8 cm³/mol. The molecule has 2 N–H and O–H groups in total. The van der Waals surface area contributed by atoms with Crippen molar-refractivity contribution in [2.45, 2.75) is 13.0 Å². The molecule has 0 spiro atoms. The van der Waals surface area contributed by atoms with E-state index < -0.39 is 0 Å². The number of nitrogens with zero attached hydrogens (tertiary/aromatic N) is 4. The van der Waals surface area contributed by atoms with Crippen LogP contribution >= 0.6 is 0 Å². The van der Waals surface area contributed by atoms with Crippen LogP contribution in [-0.2, 0) is 4.79 Å². The van der Waals surface area contributed by atoms with Crippen molar-refractivity contribution < 1.29 is 4.79 Å². The second-order valence-corrected chi connectivity index (χ2v) is 4.88. The molecule has 1 fully saturated rings. The van der Waals surface area contributed by atoms with Crippen LogP contribution in [0.5, 0.6) is 0 Å². The molecule has 3 heterocycles. The van der Waals surface area contributed by atoms with Gasteiger partial charge >= 0.3 is 0 Å². The number of likely N-dealkylation sites (N-methyl/N-ethyl adjacent to an activating group) is 1. The third-order valence-electron chi connectivity index (χ3n) is 3.59. The molecule has 20 heavy (non-hydrogen) atoms. The minimum atomic E-state index is -0.272. The first-order valence-electron chi connectivity index (χ1n) is 6.72. The fourth-order valence-corrected chi connectivity index (χ4v) is 2.49. The lowest BCUT2D eigenvalue weighted by atomic mass is 10.2. The first-order valence-corrected chi connectivity index (χ1v) is 6.72. The van der Waals surface area contributed by atoms with E-state index in [1.165, 1.54) is 0 Å². The lowest BCUT2D eigenvalue weighted by Gasteiger charge is -2.33. The van der Waals surface area contributed by atoms with Gasteiger partial charge in [-0.3, -0.25) is 4.79 Å². The van der Waals surface area contributed by atoms with Gasteiger partial charge in [0.2, 0.25) is 11.9 Å². The second-order valence-electron chi connectivity index (χ2n) is 4.88. The highest BCUT2D eigenvalue weighted by Gasteiger charge is 2.30. The van der Waals surface area contributed by atoms with E-state index >= 15 is 0 Å². The summed E-state index contributed by atoms with van der Waals surface area (Å²) in [7, 11) is 1.65. The summed E-state index contributed by atoms with van der Waals surface area (Å²) in [6.45, 7) is 4.13. The standard InChI is InChI=1S/C13H18N6O/c1-9-4-3-5-11-16-13(17-19(9)11)18-7-6-15-8-10(18)12(20)14-2/h3-5,10,15H,6-8H2,1-2H3,(H,14,20). The molecule has 1 atom stereocenters. The fourth-order valence-electron chi connectivity index (χ4n) is 2.49. The Morgan fingerprint density at radius 3 is 3.10 bits per heavy atom. The monoisotopic (exact) mass is 274 g/mol. The van der Waals surface area contributed by atoms with E-state index in [-0.39, 0.29) is 11.9 Å². The van der Waals surface area contributed by atoms with Crippen LogP contribution in [0, 0.1) is 6.92 Å². The maximum atomic E-state index is 12.0. The van der Waals surface area contributed by atoms with Gasteiger partial charge in [0.25, 0.3) is 0 Å². The summed E-state index contributed by atoms with van der Waals surface area (Å²) in [5.41, 5.74) is 1.82. The maximum Gasteiger partial charge on any atom is 0.246 e. The van der Waals surface area contributed by atoms with E-state index in [4.69, 9.17) is 0 Å². The minimum Gasteiger partial charge on any atom is -0.357 e. The molecular weight excluding hydrogens is 256 g/mol. The molecule has 0 aliphatic carbocycles. The van der Waals surface area contributed by atoms with Gasteiger partial charge in [0.05, 0.1) is 0 Å². The van der Waals surface area contributed by atoms with Crippen LogP contribution in [0.1, 0.15) is 5.69 Å². The Labute approximate surface area is 117 Å². The molecule has 0 saturated carbocycles. The summed E-state index contributed by atoms with van der Waals surface area (Å²) in [5.74, 6) is 0.585. The molecule has 7 nitrogen and oxygen atoms in total. The van der Waals surface area contributed by atoms with Gasteiger partial charge in [-0.1, -0.05) is 6.07 Å². The number of hydrogen-bond donors (Lipinski definition) is 2. The van der Waals surface area contributed by atoms with E-state index in [0.717, 1.165) is 17.9 Å². The Balaban J connectivity index is 1.99. The van der Waals surface area contributed by atoms with Crippen molar-refractivity contribution in [3.05, 3.63) is 23.9 Å². The van der Waals surface area contributed by atoms with Crippen molar-refractivity contribution in [1.82, 2.24) is 25.2 Å². The van der Waals surface area contributed by atoms with Gasteiger partial charge in [-0.25, -0.2) is 4.52 Å². The summed E-state index contributed by atoms with van der Waals surface area (Å²) in [6.07, 6.45) is 0. The smallest absolute Gasteiger partial charge is 0.246 e. The van der Waals surface area contributed by atoms with E-state index in [1.807, 2.05) is 30.0 Å². The normalized spacial score (nSPS) is 19.3. The number of carbonyl (C=O) groups is 1. The van der Waals surface area contributed by atoms with Crippen molar-refractivity contribution in [1.29, 1.82) is 0 Å². The SMILES string of the molecule is CNC(=O)C1CNCCN1c1nc2cccc(C)n2n1. The summed E-state index contributed by atoms with van der Waals surface area (Å²) in [6, 6.07) is 5.59. The zero-order valence-electron chi connectivity index (χ0n) is 11.6. The Hall–Kier alpha value is -2.15. The van der Waals surface area contributed by atoms with E-state index in [0.29, 0.717) is 19.0 Å². The molecule has 1 aliphatic rings. The molecule has 0 radical (unpaired) electrons. The Morgan fingerprint density at radius 1 is 1.50 bits per heavy atom. The van der Waals surface area contributed by atoms with Gasteiger partial charge in [-0.15, -0.1) is 5.10 Å². The number of aromatic nitrogens is 3. The van der Waals surface area contributed by atoms with Gasteiger partial charge in [0.1, 0.15) is 6.04 Å². The number of rotatable bonds is 2. The van der Waals surface area contributed by atoms with Crippen LogP contribution < -0.4 is 15.5 Å². The molecule has 3 rings (SSSR count). The molecule has 1 saturated heterocycles. The second kappa shape index (κ2) is 5.09. The van der Waals surface area contributed by atoms with E-state index in [2.05, 4.69) is 20.7 Å². The molecule has 106 valence electrons. The predicted octanol–water partition coefficient (Wildman–Crippen LogP) is -0.438. The Kier molecular flexibility index (Phi) is 3.27. The molecule has 1 aliphatic heterocycles. The number of pyridine rings is 1. The highest BCUT2D eigenvalue weighted by Crippen LogP contribution is 2.16. The average molecular weight is 274 g/mol. The number of piperazine rings is 1. The summed E-state index contributed by atoms with van der Waals surface area (Å²) >= 11 is 0. The van der Waals surface area contributed by atoms with Crippen molar-refractivity contribution in [3.8, 4) is 0 Å². The minimum absolute atomic E-state index is 0.0206. The summed E-state index contributed by atoms with van der Waals surface area (Å²) in [5, 5.41) is 10.5. The number of hydrogen-bond acceptors (Lipinski definition) is 5. The molecule has 7 heteroatoms. The Morgan fingerprint density at radius 2 is 2.35 bits per heavy atom. The topological polar surface area (TPSA) is 74.6 Å². The summed E-state index contributed by atoms with van der Waals surface area (Å²) in [4.78, 5) is 18.5. The zero-order chi connectivity index (χ0) is 14.1. The third-order valence-corrected chi connectivity index (χ3v) is 3.59. The zero-order valence-corrected chi connectivity index (χ0v) is 11.6. The quantitative estimate of drug-likeness (QED) is 0.777. The van der Waals surface area contributed by atoms with Gasteiger partial charge in [0.15, 0.2) is 5.65 Å². The van der Waals surface area contributed by atoms with Gasteiger partial charge in [0, 0.05) is 32.4 Å². The molecule has 2 aromatic heterocycles. The van der Waals surface area contributed by atoms with Gasteiger partial charge < -0.3 is 15.5 Å². The molecule has 2 aromatic rings. The average Bonchev–Trinajstić information content (AvgIpc) is 2.92. The number of aryl methyl sites for hydroxylation is 1. The number of anilines is 1. The van der Waals surface area contributed by atoms with Crippen LogP contribution in [0.15, 0.2) is 18.2 Å². The Bertz CT molecular complexity index is 637. The lowest BCUT2D eigenvalue weighted by Crippen LogP contribution is -2.58. The molecule has 0 aromatic carbocycles. The van der Waals surface area contributed by atoms with Crippen molar-refractivity contribution >= 4 is 17.5 Å². The highest BCUT2D eigenvalue weighted by molar-refractivity contribution is 5.85. The highest BCUT2D eigenvalue weighted by atomic mass is 16.2. The van der Waals surface area contributed by atoms with Crippen LogP contribution in [0.4, 0.5) is 5.95 Å². The number of nitrogens with one attached hydrogen (secondary N) is 2. The van der Waals surface area contributed by atoms with Crippen LogP contribution in [0.2, 0.25) is 0 Å². The number of amides is 1. The van der Waals surface area contributed by atoms with Crippen molar-refractivity contribution in [2.75, 3.05) is 31.6 Å². The first kappa shape index (κ1) is 12.9. The first-order chi connectivity index (χ1) is 9.70. The van der Waals surface area contributed by atoms with Crippen molar-refractivity contribution in [3.63, 3.8) is 0 Å². The molecule has 1 amide bonds. The summed E-state index contributed by atoms with van der Waals surface area (Å²) < 4.78 is 1.80. The molecule has 1 unspecified atom stereocenters. The maximum absolute atomic E-state index is 12.0. The molecular formula is C13H18N6O.